The summed E-state index contributed by atoms with van der Waals surface area (Å²) in [5, 5.41) is 10.0. The molecule has 31 heavy (non-hydrogen) atoms. The van der Waals surface area contributed by atoms with Gasteiger partial charge < -0.3 is 10.1 Å². The number of alkyl halides is 1. The van der Waals surface area contributed by atoms with Gasteiger partial charge in [0.25, 0.3) is 0 Å². The van der Waals surface area contributed by atoms with Crippen LogP contribution in [0.2, 0.25) is 5.02 Å². The molecule has 2 aliphatic rings. The highest BCUT2D eigenvalue weighted by Gasteiger charge is 2.13. The van der Waals surface area contributed by atoms with Gasteiger partial charge in [-0.3, -0.25) is 14.7 Å². The van der Waals surface area contributed by atoms with E-state index in [0.29, 0.717) is 40.9 Å². The second-order valence-electron chi connectivity index (χ2n) is 6.59. The molecule has 1 amide bonds. The van der Waals surface area contributed by atoms with Crippen LogP contribution in [-0.2, 0) is 20.9 Å². The molecule has 9 heteroatoms. The maximum atomic E-state index is 11.4. The third-order valence-corrected chi connectivity index (χ3v) is 4.78. The summed E-state index contributed by atoms with van der Waals surface area (Å²) in [7, 11) is 1.56. The quantitative estimate of drug-likeness (QED) is 0.647. The Balaban J connectivity index is 0.000000207. The molecule has 2 aromatic rings. The van der Waals surface area contributed by atoms with Crippen molar-refractivity contribution in [2.24, 2.45) is 0 Å². The van der Waals surface area contributed by atoms with Crippen LogP contribution in [0.4, 0.5) is 5.69 Å². The molecular formula is C22H20Cl2N4O3. The first-order valence-corrected chi connectivity index (χ1v) is 10.3. The number of hydrogen-bond donors (Lipinski definition) is 2. The third kappa shape index (κ3) is 6.24. The van der Waals surface area contributed by atoms with Crippen LogP contribution in [0.25, 0.3) is 11.4 Å². The SMILES string of the molecule is COCc1nc(-c2cc(Cl)ccc2NC(=O)CCl)n[nH]1.O=C1C=CC=C2C=CC=C2C1. The zero-order valence-corrected chi connectivity index (χ0v) is 18.2. The van der Waals surface area contributed by atoms with Crippen molar-refractivity contribution in [2.45, 2.75) is 13.0 Å². The normalized spacial score (nSPS) is 14.2. The van der Waals surface area contributed by atoms with Crippen molar-refractivity contribution in [3.05, 3.63) is 76.6 Å². The Kier molecular flexibility index (Phi) is 7.94. The highest BCUT2D eigenvalue weighted by Crippen LogP contribution is 2.28. The molecule has 1 aromatic heterocycles. The minimum Gasteiger partial charge on any atom is -0.377 e. The van der Waals surface area contributed by atoms with Crippen LogP contribution >= 0.6 is 23.2 Å². The van der Waals surface area contributed by atoms with Gasteiger partial charge in [-0.15, -0.1) is 11.6 Å². The summed E-state index contributed by atoms with van der Waals surface area (Å²) >= 11 is 11.5. The van der Waals surface area contributed by atoms with E-state index in [9.17, 15) is 9.59 Å². The Morgan fingerprint density at radius 1 is 1.26 bits per heavy atom. The highest BCUT2D eigenvalue weighted by molar-refractivity contribution is 6.31. The Morgan fingerprint density at radius 2 is 2.06 bits per heavy atom. The van der Waals surface area contributed by atoms with E-state index in [0.717, 1.165) is 5.57 Å². The number of allylic oxidation sites excluding steroid dienone is 8. The number of ether oxygens (including phenoxy) is 1. The van der Waals surface area contributed by atoms with Gasteiger partial charge in [-0.2, -0.15) is 5.10 Å². The van der Waals surface area contributed by atoms with Crippen molar-refractivity contribution in [3.63, 3.8) is 0 Å². The summed E-state index contributed by atoms with van der Waals surface area (Å²) in [5.74, 6) is 0.737. The first-order valence-electron chi connectivity index (χ1n) is 9.35. The maximum Gasteiger partial charge on any atom is 0.239 e. The summed E-state index contributed by atoms with van der Waals surface area (Å²) in [6.45, 7) is 0.316. The number of aromatic nitrogens is 3. The number of carbonyl (C=O) groups is 2. The zero-order chi connectivity index (χ0) is 22.2. The Morgan fingerprint density at radius 3 is 2.84 bits per heavy atom. The lowest BCUT2D eigenvalue weighted by atomic mass is 10.1. The fourth-order valence-electron chi connectivity index (χ4n) is 2.91. The predicted molar refractivity (Wildman–Crippen MR) is 121 cm³/mol. The molecule has 2 N–H and O–H groups in total. The largest absolute Gasteiger partial charge is 0.377 e. The number of halogens is 2. The predicted octanol–water partition coefficient (Wildman–Crippen LogP) is 4.39. The number of fused-ring (bicyclic) bond motifs is 1. The number of rotatable bonds is 5. The molecule has 0 fully saturated rings. The molecule has 0 bridgehead atoms. The topological polar surface area (TPSA) is 97.0 Å². The van der Waals surface area contributed by atoms with Crippen LogP contribution in [-0.4, -0.2) is 39.9 Å². The molecule has 4 rings (SSSR count). The Bertz CT molecular complexity index is 1100. The molecule has 160 valence electrons. The summed E-state index contributed by atoms with van der Waals surface area (Å²) in [5.41, 5.74) is 3.46. The second-order valence-corrected chi connectivity index (χ2v) is 7.29. The number of benzene rings is 1. The standard InChI is InChI=1S/C12H12Cl2N4O2.C10H8O/c1-20-6-10-16-12(18-17-10)8-4-7(14)2-3-9(8)15-11(19)5-13;11-10-6-2-4-8-3-1-5-9(8)7-10/h2-4H,5-6H2,1H3,(H,15,19)(H,16,17,18);1-6H,7H2. The first-order chi connectivity index (χ1) is 15.0. The van der Waals surface area contributed by atoms with Crippen molar-refractivity contribution in [1.29, 1.82) is 0 Å². The molecule has 0 saturated heterocycles. The molecule has 0 aliphatic heterocycles. The lowest BCUT2D eigenvalue weighted by molar-refractivity contribution is -0.114. The molecule has 0 spiro atoms. The average molecular weight is 459 g/mol. The van der Waals surface area contributed by atoms with Gasteiger partial charge in [-0.1, -0.05) is 42.0 Å². The van der Waals surface area contributed by atoms with E-state index in [-0.39, 0.29) is 17.6 Å². The number of anilines is 1. The number of hydrogen-bond acceptors (Lipinski definition) is 5. The van der Waals surface area contributed by atoms with Crippen LogP contribution in [0, 0.1) is 0 Å². The number of H-pyrrole nitrogens is 1. The van der Waals surface area contributed by atoms with Gasteiger partial charge in [0.2, 0.25) is 5.91 Å². The van der Waals surface area contributed by atoms with Crippen LogP contribution < -0.4 is 5.32 Å². The van der Waals surface area contributed by atoms with Gasteiger partial charge in [-0.05, 0) is 35.4 Å². The van der Waals surface area contributed by atoms with Crippen molar-refractivity contribution < 1.29 is 14.3 Å². The molecule has 2 aliphatic carbocycles. The number of aromatic amines is 1. The average Bonchev–Trinajstić information content (AvgIpc) is 3.36. The first kappa shape index (κ1) is 22.7. The summed E-state index contributed by atoms with van der Waals surface area (Å²) in [6.07, 6.45) is 12.0. The van der Waals surface area contributed by atoms with E-state index in [2.05, 4.69) is 20.5 Å². The van der Waals surface area contributed by atoms with Crippen molar-refractivity contribution in [1.82, 2.24) is 15.2 Å². The van der Waals surface area contributed by atoms with Gasteiger partial charge in [0, 0.05) is 24.1 Å². The van der Waals surface area contributed by atoms with Crippen molar-refractivity contribution in [3.8, 4) is 11.4 Å². The summed E-state index contributed by atoms with van der Waals surface area (Å²) in [6, 6.07) is 5.01. The molecule has 0 unspecified atom stereocenters. The fraction of sp³-hybridized carbons (Fsp3) is 0.182. The highest BCUT2D eigenvalue weighted by atomic mass is 35.5. The number of ketones is 1. The van der Waals surface area contributed by atoms with Gasteiger partial charge in [0.05, 0.1) is 5.69 Å². The van der Waals surface area contributed by atoms with Crippen LogP contribution in [0.5, 0.6) is 0 Å². The molecule has 7 nitrogen and oxygen atoms in total. The van der Waals surface area contributed by atoms with Gasteiger partial charge in [0.1, 0.15) is 12.5 Å². The lowest BCUT2D eigenvalue weighted by Gasteiger charge is -2.08. The van der Waals surface area contributed by atoms with Gasteiger partial charge in [0.15, 0.2) is 17.4 Å². The number of nitrogens with zero attached hydrogens (tertiary/aromatic N) is 2. The minimum absolute atomic E-state index is 0.134. The van der Waals surface area contributed by atoms with E-state index >= 15 is 0 Å². The van der Waals surface area contributed by atoms with Gasteiger partial charge in [-0.25, -0.2) is 4.98 Å². The van der Waals surface area contributed by atoms with E-state index in [1.54, 1.807) is 31.4 Å². The van der Waals surface area contributed by atoms with Crippen LogP contribution in [0.1, 0.15) is 12.2 Å². The number of amides is 1. The van der Waals surface area contributed by atoms with E-state index < -0.39 is 0 Å². The van der Waals surface area contributed by atoms with Crippen molar-refractivity contribution >= 4 is 40.6 Å². The summed E-state index contributed by atoms with van der Waals surface area (Å²) in [4.78, 5) is 26.7. The maximum absolute atomic E-state index is 11.4. The van der Waals surface area contributed by atoms with Crippen LogP contribution in [0.15, 0.2) is 65.8 Å². The van der Waals surface area contributed by atoms with Crippen molar-refractivity contribution in [2.75, 3.05) is 18.3 Å². The summed E-state index contributed by atoms with van der Waals surface area (Å²) < 4.78 is 4.97. The van der Waals surface area contributed by atoms with E-state index in [4.69, 9.17) is 27.9 Å². The number of nitrogens with one attached hydrogen (secondary N) is 2. The molecule has 1 heterocycles. The number of carbonyl (C=O) groups excluding carboxylic acids is 2. The minimum atomic E-state index is -0.317. The zero-order valence-electron chi connectivity index (χ0n) is 16.7. The van der Waals surface area contributed by atoms with Gasteiger partial charge >= 0.3 is 0 Å². The smallest absolute Gasteiger partial charge is 0.239 e. The molecule has 0 atom stereocenters. The lowest BCUT2D eigenvalue weighted by Crippen LogP contribution is -2.13. The van der Waals surface area contributed by atoms with Crippen LogP contribution in [0.3, 0.4) is 0 Å². The monoisotopic (exact) mass is 458 g/mol. The molecule has 1 aromatic carbocycles. The number of methoxy groups -OCH3 is 1. The molecule has 0 radical (unpaired) electrons. The second kappa shape index (κ2) is 10.9. The fourth-order valence-corrected chi connectivity index (χ4v) is 3.15. The molecular weight excluding hydrogens is 439 g/mol. The molecule has 0 saturated carbocycles. The third-order valence-electron chi connectivity index (χ3n) is 4.30. The Hall–Kier alpha value is -3.00. The van der Waals surface area contributed by atoms with E-state index in [1.807, 2.05) is 30.4 Å². The Labute approximate surface area is 189 Å². The van der Waals surface area contributed by atoms with E-state index in [1.165, 1.54) is 5.57 Å².